The molecule has 1 N–H and O–H groups in total. The Morgan fingerprint density at radius 3 is 2.68 bits per heavy atom. The fourth-order valence-corrected chi connectivity index (χ4v) is 6.46. The molecule has 2 aliphatic rings. The topological polar surface area (TPSA) is 66.2 Å². The van der Waals surface area contributed by atoms with Gasteiger partial charge in [0, 0.05) is 50.2 Å². The van der Waals surface area contributed by atoms with Crippen molar-refractivity contribution in [1.82, 2.24) is 9.80 Å². The normalized spacial score (nSPS) is 20.4. The van der Waals surface area contributed by atoms with Gasteiger partial charge in [-0.05, 0) is 74.9 Å². The second-order valence-electron chi connectivity index (χ2n) is 10.8. The lowest BCUT2D eigenvalue weighted by atomic mass is 9.83. The molecule has 3 aromatic rings. The van der Waals surface area contributed by atoms with E-state index in [4.69, 9.17) is 9.15 Å². The Kier molecular flexibility index (Phi) is 8.28. The second kappa shape index (κ2) is 11.8. The molecule has 37 heavy (non-hydrogen) atoms. The van der Waals surface area contributed by atoms with Gasteiger partial charge in [0.25, 0.3) is 0 Å². The lowest BCUT2D eigenvalue weighted by molar-refractivity contribution is 0.0335. The van der Waals surface area contributed by atoms with Crippen LogP contribution in [-0.2, 0) is 17.7 Å². The molecule has 5 rings (SSSR count). The SMILES string of the molecule is COCCN(Cc1c(O)ccc2c(C)c(Cc3ccccc3)c(=O)oc12)C[C@@H]1CCCN2CCCC[C@H]12. The fraction of sp³-hybridized carbons (Fsp3) is 0.516. The number of fused-ring (bicyclic) bond motifs is 2. The Morgan fingerprint density at radius 1 is 1.05 bits per heavy atom. The number of aromatic hydroxyl groups is 1. The first-order valence-corrected chi connectivity index (χ1v) is 13.8. The van der Waals surface area contributed by atoms with Gasteiger partial charge < -0.3 is 19.2 Å². The van der Waals surface area contributed by atoms with Crippen molar-refractivity contribution in [1.29, 1.82) is 0 Å². The zero-order chi connectivity index (χ0) is 25.8. The minimum atomic E-state index is -0.325. The van der Waals surface area contributed by atoms with Crippen LogP contribution < -0.4 is 5.63 Å². The predicted molar refractivity (Wildman–Crippen MR) is 147 cm³/mol. The van der Waals surface area contributed by atoms with Gasteiger partial charge in [-0.3, -0.25) is 4.90 Å². The summed E-state index contributed by atoms with van der Waals surface area (Å²) in [5, 5.41) is 11.8. The van der Waals surface area contributed by atoms with Crippen molar-refractivity contribution < 1.29 is 14.3 Å². The molecule has 2 atom stereocenters. The zero-order valence-corrected chi connectivity index (χ0v) is 22.2. The van der Waals surface area contributed by atoms with Crippen molar-refractivity contribution >= 4 is 11.0 Å². The molecule has 0 radical (unpaired) electrons. The van der Waals surface area contributed by atoms with E-state index in [0.717, 1.165) is 29.6 Å². The number of piperidine rings is 2. The first-order valence-electron chi connectivity index (χ1n) is 13.8. The summed E-state index contributed by atoms with van der Waals surface area (Å²) in [7, 11) is 1.73. The molecule has 0 aliphatic carbocycles. The van der Waals surface area contributed by atoms with E-state index in [0.29, 0.717) is 48.2 Å². The molecule has 6 nitrogen and oxygen atoms in total. The molecule has 0 unspecified atom stereocenters. The molecule has 2 aliphatic heterocycles. The number of nitrogens with zero attached hydrogens (tertiary/aromatic N) is 2. The van der Waals surface area contributed by atoms with Gasteiger partial charge in [0.05, 0.1) is 12.2 Å². The molecule has 0 spiro atoms. The number of methoxy groups -OCH3 is 1. The molecule has 6 heteroatoms. The summed E-state index contributed by atoms with van der Waals surface area (Å²) < 4.78 is 11.4. The number of phenols is 1. The second-order valence-corrected chi connectivity index (χ2v) is 10.8. The van der Waals surface area contributed by atoms with Crippen LogP contribution in [0.1, 0.15) is 54.4 Å². The molecule has 2 saturated heterocycles. The molecular formula is C31H40N2O4. The van der Waals surface area contributed by atoms with E-state index in [1.54, 1.807) is 13.2 Å². The summed E-state index contributed by atoms with van der Waals surface area (Å²) in [6, 6.07) is 14.3. The zero-order valence-electron chi connectivity index (χ0n) is 22.2. The Balaban J connectivity index is 1.44. The Hall–Kier alpha value is -2.67. The lowest BCUT2D eigenvalue weighted by Gasteiger charge is -2.45. The van der Waals surface area contributed by atoms with Gasteiger partial charge in [0.15, 0.2) is 0 Å². The maximum Gasteiger partial charge on any atom is 0.340 e. The predicted octanol–water partition coefficient (Wildman–Crippen LogP) is 5.11. The largest absolute Gasteiger partial charge is 0.507 e. The highest BCUT2D eigenvalue weighted by molar-refractivity contribution is 5.85. The molecule has 2 fully saturated rings. The third-order valence-corrected chi connectivity index (χ3v) is 8.47. The van der Waals surface area contributed by atoms with E-state index < -0.39 is 0 Å². The standard InChI is InChI=1S/C31H40N2O4/c1-22-25-13-14-29(34)27(30(25)37-31(35)26(22)19-23-9-4-3-5-10-23)21-32(17-18-36-2)20-24-11-8-16-33-15-7-6-12-28(24)33/h3-5,9-10,13-14,24,28,34H,6-8,11-12,15-21H2,1-2H3/t24-,28+/m0/s1. The highest BCUT2D eigenvalue weighted by Crippen LogP contribution is 2.34. The summed E-state index contributed by atoms with van der Waals surface area (Å²) >= 11 is 0. The van der Waals surface area contributed by atoms with Crippen LogP contribution in [0.3, 0.4) is 0 Å². The van der Waals surface area contributed by atoms with Gasteiger partial charge in [0.1, 0.15) is 11.3 Å². The summed E-state index contributed by atoms with van der Waals surface area (Å²) in [6.45, 7) is 7.30. The van der Waals surface area contributed by atoms with Gasteiger partial charge >= 0.3 is 5.63 Å². The van der Waals surface area contributed by atoms with Crippen LogP contribution in [0.25, 0.3) is 11.0 Å². The van der Waals surface area contributed by atoms with Gasteiger partial charge in [0.2, 0.25) is 0 Å². The smallest absolute Gasteiger partial charge is 0.340 e. The minimum absolute atomic E-state index is 0.177. The minimum Gasteiger partial charge on any atom is -0.507 e. The highest BCUT2D eigenvalue weighted by Gasteiger charge is 2.34. The van der Waals surface area contributed by atoms with Crippen LogP contribution in [0.2, 0.25) is 0 Å². The van der Waals surface area contributed by atoms with Crippen molar-refractivity contribution in [2.75, 3.05) is 39.9 Å². The molecule has 0 amide bonds. The van der Waals surface area contributed by atoms with E-state index >= 15 is 0 Å². The monoisotopic (exact) mass is 504 g/mol. The number of aryl methyl sites for hydroxylation is 1. The molecule has 0 bridgehead atoms. The Morgan fingerprint density at radius 2 is 1.86 bits per heavy atom. The number of ether oxygens (including phenoxy) is 1. The quantitative estimate of drug-likeness (QED) is 0.409. The lowest BCUT2D eigenvalue weighted by Crippen LogP contribution is -2.51. The van der Waals surface area contributed by atoms with Crippen LogP contribution in [0.4, 0.5) is 0 Å². The molecule has 3 heterocycles. The van der Waals surface area contributed by atoms with E-state index in [-0.39, 0.29) is 11.4 Å². The highest BCUT2D eigenvalue weighted by atomic mass is 16.5. The van der Waals surface area contributed by atoms with Crippen LogP contribution in [0, 0.1) is 12.8 Å². The van der Waals surface area contributed by atoms with E-state index in [2.05, 4.69) is 9.80 Å². The van der Waals surface area contributed by atoms with Gasteiger partial charge in [-0.25, -0.2) is 4.79 Å². The number of hydrogen-bond donors (Lipinski definition) is 1. The van der Waals surface area contributed by atoms with Crippen LogP contribution >= 0.6 is 0 Å². The number of benzene rings is 2. The Labute approximate surface area is 219 Å². The Bertz CT molecular complexity index is 1250. The molecule has 198 valence electrons. The van der Waals surface area contributed by atoms with Crippen molar-refractivity contribution in [2.24, 2.45) is 5.92 Å². The third kappa shape index (κ3) is 5.77. The third-order valence-electron chi connectivity index (χ3n) is 8.47. The number of hydrogen-bond acceptors (Lipinski definition) is 6. The number of phenolic OH excluding ortho intramolecular Hbond substituents is 1. The summed E-state index contributed by atoms with van der Waals surface area (Å²) in [4.78, 5) is 18.2. The van der Waals surface area contributed by atoms with Crippen molar-refractivity contribution in [3.63, 3.8) is 0 Å². The fourth-order valence-electron chi connectivity index (χ4n) is 6.46. The molecule has 2 aromatic carbocycles. The van der Waals surface area contributed by atoms with Crippen LogP contribution in [0.15, 0.2) is 51.7 Å². The maximum absolute atomic E-state index is 13.2. The van der Waals surface area contributed by atoms with E-state index in [1.165, 1.54) is 45.2 Å². The molecule has 1 aromatic heterocycles. The van der Waals surface area contributed by atoms with Gasteiger partial charge in [-0.15, -0.1) is 0 Å². The summed E-state index contributed by atoms with van der Waals surface area (Å²) in [6.07, 6.45) is 6.92. The maximum atomic E-state index is 13.2. The summed E-state index contributed by atoms with van der Waals surface area (Å²) in [5.41, 5.74) is 3.54. The van der Waals surface area contributed by atoms with Crippen molar-refractivity contribution in [3.8, 4) is 5.75 Å². The van der Waals surface area contributed by atoms with E-state index in [9.17, 15) is 9.90 Å². The summed E-state index contributed by atoms with van der Waals surface area (Å²) in [5.74, 6) is 0.783. The van der Waals surface area contributed by atoms with Crippen molar-refractivity contribution in [3.05, 3.63) is 75.1 Å². The average Bonchev–Trinajstić information content (AvgIpc) is 2.92. The van der Waals surface area contributed by atoms with Gasteiger partial charge in [-0.2, -0.15) is 0 Å². The number of rotatable bonds is 9. The van der Waals surface area contributed by atoms with Crippen molar-refractivity contribution in [2.45, 2.75) is 58.0 Å². The molecule has 0 saturated carbocycles. The van der Waals surface area contributed by atoms with Crippen LogP contribution in [-0.4, -0.2) is 60.8 Å². The van der Waals surface area contributed by atoms with Gasteiger partial charge in [-0.1, -0.05) is 36.8 Å². The van der Waals surface area contributed by atoms with E-state index in [1.807, 2.05) is 43.3 Å². The molecular weight excluding hydrogens is 464 g/mol. The first kappa shape index (κ1) is 26.0. The average molecular weight is 505 g/mol. The van der Waals surface area contributed by atoms with Crippen LogP contribution in [0.5, 0.6) is 5.75 Å². The first-order chi connectivity index (χ1) is 18.0.